The number of aromatic nitrogens is 5. The first-order valence-electron chi connectivity index (χ1n) is 10.4. The zero-order chi connectivity index (χ0) is 20.7. The topological polar surface area (TPSA) is 85.2 Å². The van der Waals surface area contributed by atoms with E-state index in [4.69, 9.17) is 4.52 Å². The number of piperidine rings is 1. The third-order valence-corrected chi connectivity index (χ3v) is 6.16. The van der Waals surface area contributed by atoms with Crippen molar-refractivity contribution in [3.8, 4) is 0 Å². The van der Waals surface area contributed by atoms with E-state index >= 15 is 0 Å². The van der Waals surface area contributed by atoms with Crippen molar-refractivity contribution in [2.24, 2.45) is 13.0 Å². The molecule has 0 spiro atoms. The van der Waals surface area contributed by atoms with E-state index in [1.54, 1.807) is 10.9 Å². The van der Waals surface area contributed by atoms with Crippen LogP contribution in [0.2, 0.25) is 0 Å². The van der Waals surface area contributed by atoms with Crippen LogP contribution in [0.4, 0.5) is 0 Å². The Morgan fingerprint density at radius 3 is 2.83 bits per heavy atom. The molecular weight excluding hydrogens is 382 g/mol. The van der Waals surface area contributed by atoms with Crippen molar-refractivity contribution < 1.29 is 4.52 Å². The predicted molar refractivity (Wildman–Crippen MR) is 110 cm³/mol. The lowest BCUT2D eigenvalue weighted by Gasteiger charge is -2.42. The molecule has 0 saturated carbocycles. The molecule has 5 rings (SSSR count). The van der Waals surface area contributed by atoms with Gasteiger partial charge in [-0.1, -0.05) is 16.4 Å². The monoisotopic (exact) mass is 409 g/mol. The van der Waals surface area contributed by atoms with Crippen molar-refractivity contribution in [3.05, 3.63) is 63.7 Å². The highest BCUT2D eigenvalue weighted by atomic mass is 16.5. The van der Waals surface area contributed by atoms with Gasteiger partial charge in [0.05, 0.1) is 11.4 Å². The summed E-state index contributed by atoms with van der Waals surface area (Å²) < 4.78 is 8.67. The Balaban J connectivity index is 1.31. The maximum Gasteiger partial charge on any atom is 0.255 e. The Morgan fingerprint density at radius 1 is 1.17 bits per heavy atom. The highest BCUT2D eigenvalue weighted by Gasteiger charge is 2.35. The molecule has 2 bridgehead atoms. The molecule has 9 nitrogen and oxygen atoms in total. The van der Waals surface area contributed by atoms with Gasteiger partial charge in [0.1, 0.15) is 6.26 Å². The van der Waals surface area contributed by atoms with Crippen LogP contribution in [-0.4, -0.2) is 54.7 Å². The van der Waals surface area contributed by atoms with Crippen LogP contribution in [0, 0.1) is 5.92 Å². The first-order chi connectivity index (χ1) is 14.5. The maximum absolute atomic E-state index is 13.2. The number of hydrogen-bond acceptors (Lipinski definition) is 7. The van der Waals surface area contributed by atoms with Crippen LogP contribution >= 0.6 is 0 Å². The average Bonchev–Trinajstić information content (AvgIpc) is 3.36. The number of pyridine rings is 1. The van der Waals surface area contributed by atoms with Crippen LogP contribution in [0.25, 0.3) is 0 Å². The second kappa shape index (κ2) is 7.81. The zero-order valence-electron chi connectivity index (χ0n) is 17.4. The summed E-state index contributed by atoms with van der Waals surface area (Å²) in [5.74, 6) is 0.887. The molecule has 2 aliphatic heterocycles. The van der Waals surface area contributed by atoms with E-state index in [0.717, 1.165) is 49.6 Å². The molecule has 3 aromatic heterocycles. The normalized spacial score (nSPS) is 21.2. The van der Waals surface area contributed by atoms with Crippen molar-refractivity contribution >= 4 is 0 Å². The summed E-state index contributed by atoms with van der Waals surface area (Å²) in [5, 5.41) is 12.2. The summed E-state index contributed by atoms with van der Waals surface area (Å²) in [4.78, 5) is 17.8. The molecule has 0 aromatic carbocycles. The summed E-state index contributed by atoms with van der Waals surface area (Å²) in [7, 11) is 3.89. The van der Waals surface area contributed by atoms with Crippen LogP contribution < -0.4 is 5.56 Å². The number of likely N-dealkylation sites (tertiary alicyclic amines) is 1. The van der Waals surface area contributed by atoms with Crippen molar-refractivity contribution in [2.75, 3.05) is 20.1 Å². The van der Waals surface area contributed by atoms with Gasteiger partial charge in [-0.3, -0.25) is 19.3 Å². The second-order valence-electron chi connectivity index (χ2n) is 8.74. The van der Waals surface area contributed by atoms with E-state index in [2.05, 4.69) is 31.3 Å². The van der Waals surface area contributed by atoms with Crippen molar-refractivity contribution in [1.82, 2.24) is 34.5 Å². The SMILES string of the molecule is CN(Cc1ccon1)Cc1ccc2n(c1=O)C[C@H]1C[C@@H]2CN(Cc2cn(C)nn2)C1. The van der Waals surface area contributed by atoms with Gasteiger partial charge in [-0.05, 0) is 25.5 Å². The fraction of sp³-hybridized carbons (Fsp3) is 0.524. The molecule has 0 N–H and O–H groups in total. The van der Waals surface area contributed by atoms with Crippen LogP contribution in [0.5, 0.6) is 0 Å². The minimum absolute atomic E-state index is 0.150. The van der Waals surface area contributed by atoms with Gasteiger partial charge in [0.2, 0.25) is 0 Å². The van der Waals surface area contributed by atoms with Crippen molar-refractivity contribution in [1.29, 1.82) is 0 Å². The van der Waals surface area contributed by atoms with Crippen molar-refractivity contribution in [3.63, 3.8) is 0 Å². The number of aryl methyl sites for hydroxylation is 1. The van der Waals surface area contributed by atoms with E-state index < -0.39 is 0 Å². The van der Waals surface area contributed by atoms with E-state index in [1.807, 2.05) is 37.0 Å². The van der Waals surface area contributed by atoms with E-state index in [-0.39, 0.29) is 5.56 Å². The third-order valence-electron chi connectivity index (χ3n) is 6.16. The quantitative estimate of drug-likeness (QED) is 0.605. The molecular formula is C21H27N7O2. The zero-order valence-corrected chi connectivity index (χ0v) is 17.4. The standard InChI is InChI=1S/C21H27N7O2/c1-25(12-18-5-6-30-23-18)10-16-3-4-20-17-7-15(9-28(20)21(16)29)8-27(11-17)14-19-13-26(2)24-22-19/h3-6,13,15,17H,7-12,14H2,1-2H3/t15-,17+/m0/s1. The Labute approximate surface area is 174 Å². The number of rotatable bonds is 6. The Kier molecular flexibility index (Phi) is 5.00. The minimum Gasteiger partial charge on any atom is -0.364 e. The van der Waals surface area contributed by atoms with Gasteiger partial charge in [-0.2, -0.15) is 0 Å². The summed E-state index contributed by atoms with van der Waals surface area (Å²) in [6.07, 6.45) is 4.70. The molecule has 0 unspecified atom stereocenters. The van der Waals surface area contributed by atoms with Crippen LogP contribution in [0.15, 0.2) is 40.0 Å². The molecule has 0 aliphatic carbocycles. The van der Waals surface area contributed by atoms with Gasteiger partial charge in [0.15, 0.2) is 0 Å². The Morgan fingerprint density at radius 2 is 2.07 bits per heavy atom. The number of nitrogens with zero attached hydrogens (tertiary/aromatic N) is 7. The lowest BCUT2D eigenvalue weighted by Crippen LogP contribution is -2.47. The third kappa shape index (κ3) is 3.82. The lowest BCUT2D eigenvalue weighted by atomic mass is 9.83. The van der Waals surface area contributed by atoms with Gasteiger partial charge >= 0.3 is 0 Å². The van der Waals surface area contributed by atoms with E-state index in [1.165, 1.54) is 5.69 Å². The molecule has 5 heterocycles. The van der Waals surface area contributed by atoms with Crippen LogP contribution in [0.3, 0.4) is 0 Å². The molecule has 2 aliphatic rings. The second-order valence-corrected chi connectivity index (χ2v) is 8.74. The first-order valence-corrected chi connectivity index (χ1v) is 10.4. The highest BCUT2D eigenvalue weighted by molar-refractivity contribution is 5.22. The summed E-state index contributed by atoms with van der Waals surface area (Å²) in [6, 6.07) is 6.02. The molecule has 1 fully saturated rings. The smallest absolute Gasteiger partial charge is 0.255 e. The van der Waals surface area contributed by atoms with Crippen LogP contribution in [-0.2, 0) is 33.2 Å². The Bertz CT molecular complexity index is 1070. The predicted octanol–water partition coefficient (Wildman–Crippen LogP) is 1.22. The van der Waals surface area contributed by atoms with Crippen molar-refractivity contribution in [2.45, 2.75) is 38.5 Å². The summed E-state index contributed by atoms with van der Waals surface area (Å²) >= 11 is 0. The number of hydrogen-bond donors (Lipinski definition) is 0. The molecule has 2 atom stereocenters. The first kappa shape index (κ1) is 19.2. The van der Waals surface area contributed by atoms with Gasteiger partial charge in [-0.25, -0.2) is 0 Å². The van der Waals surface area contributed by atoms with Gasteiger partial charge in [0.25, 0.3) is 5.56 Å². The Hall–Kier alpha value is -2.78. The minimum atomic E-state index is 0.150. The summed E-state index contributed by atoms with van der Waals surface area (Å²) in [5.41, 5.74) is 4.02. The maximum atomic E-state index is 13.2. The molecule has 0 radical (unpaired) electrons. The summed E-state index contributed by atoms with van der Waals surface area (Å²) in [6.45, 7) is 4.81. The van der Waals surface area contributed by atoms with E-state index in [0.29, 0.717) is 24.9 Å². The fourth-order valence-corrected chi connectivity index (χ4v) is 4.98. The van der Waals surface area contributed by atoms with Gasteiger partial charge < -0.3 is 9.09 Å². The van der Waals surface area contributed by atoms with Gasteiger partial charge in [-0.15, -0.1) is 5.10 Å². The number of fused-ring (bicyclic) bond motifs is 4. The highest BCUT2D eigenvalue weighted by Crippen LogP contribution is 2.35. The van der Waals surface area contributed by atoms with E-state index in [9.17, 15) is 4.79 Å². The van der Waals surface area contributed by atoms with Crippen LogP contribution in [0.1, 0.15) is 35.0 Å². The molecule has 30 heavy (non-hydrogen) atoms. The molecule has 0 amide bonds. The molecule has 158 valence electrons. The molecule has 9 heteroatoms. The largest absolute Gasteiger partial charge is 0.364 e. The fourth-order valence-electron chi connectivity index (χ4n) is 4.98. The molecule has 1 saturated heterocycles. The lowest BCUT2D eigenvalue weighted by molar-refractivity contribution is 0.113. The average molecular weight is 409 g/mol. The molecule has 3 aromatic rings. The van der Waals surface area contributed by atoms with Gasteiger partial charge in [0, 0.05) is 75.8 Å².